The largest absolute Gasteiger partial charge is 0.198 e. The quantitative estimate of drug-likeness (QED) is 0.545. The molecule has 0 radical (unpaired) electrons. The zero-order valence-corrected chi connectivity index (χ0v) is 7.02. The van der Waals surface area contributed by atoms with Gasteiger partial charge in [0.25, 0.3) is 0 Å². The van der Waals surface area contributed by atoms with Crippen LogP contribution < -0.4 is 0 Å². The van der Waals surface area contributed by atoms with Crippen LogP contribution in [0.1, 0.15) is 33.6 Å². The Morgan fingerprint density at radius 2 is 2.10 bits per heavy atom. The molecule has 0 aromatic rings. The zero-order chi connectivity index (χ0) is 7.78. The van der Waals surface area contributed by atoms with Gasteiger partial charge >= 0.3 is 0 Å². The fourth-order valence-electron chi connectivity index (χ4n) is 1.65. The van der Waals surface area contributed by atoms with Crippen molar-refractivity contribution < 1.29 is 0 Å². The van der Waals surface area contributed by atoms with Crippen molar-refractivity contribution in [2.45, 2.75) is 33.6 Å². The van der Waals surface area contributed by atoms with Crippen molar-refractivity contribution >= 4 is 0 Å². The highest BCUT2D eigenvalue weighted by Gasteiger charge is 2.44. The van der Waals surface area contributed by atoms with E-state index < -0.39 is 0 Å². The van der Waals surface area contributed by atoms with Gasteiger partial charge in [0.05, 0.1) is 6.07 Å². The van der Waals surface area contributed by atoms with Gasteiger partial charge in [0.15, 0.2) is 0 Å². The standard InChI is InChI=1S/C9H15N/c1-9(2,3)8-6-7(8)4-5-10/h7-8H,4,6H2,1-3H3. The fraction of sp³-hybridized carbons (Fsp3) is 0.889. The second-order valence-electron chi connectivity index (χ2n) is 4.33. The molecule has 1 fully saturated rings. The predicted octanol–water partition coefficient (Wildman–Crippen LogP) is 2.58. The molecule has 0 amide bonds. The van der Waals surface area contributed by atoms with Crippen molar-refractivity contribution in [3.8, 4) is 6.07 Å². The Kier molecular flexibility index (Phi) is 1.72. The first-order chi connectivity index (χ1) is 4.55. The van der Waals surface area contributed by atoms with Crippen LogP contribution in [-0.4, -0.2) is 0 Å². The summed E-state index contributed by atoms with van der Waals surface area (Å²) in [5.74, 6) is 1.53. The summed E-state index contributed by atoms with van der Waals surface area (Å²) in [6, 6.07) is 2.23. The third-order valence-electron chi connectivity index (χ3n) is 2.39. The fourth-order valence-corrected chi connectivity index (χ4v) is 1.65. The van der Waals surface area contributed by atoms with E-state index in [1.54, 1.807) is 0 Å². The van der Waals surface area contributed by atoms with Gasteiger partial charge in [0.2, 0.25) is 0 Å². The first-order valence-corrected chi connectivity index (χ1v) is 3.92. The summed E-state index contributed by atoms with van der Waals surface area (Å²) in [5, 5.41) is 8.41. The molecule has 0 saturated heterocycles. The molecule has 0 N–H and O–H groups in total. The van der Waals surface area contributed by atoms with Crippen LogP contribution >= 0.6 is 0 Å². The molecule has 1 saturated carbocycles. The summed E-state index contributed by atoms with van der Waals surface area (Å²) in [5.41, 5.74) is 0.432. The van der Waals surface area contributed by atoms with E-state index in [0.717, 1.165) is 12.3 Å². The molecule has 2 unspecified atom stereocenters. The molecule has 0 heterocycles. The van der Waals surface area contributed by atoms with Crippen LogP contribution in [0.3, 0.4) is 0 Å². The summed E-state index contributed by atoms with van der Waals surface area (Å²) >= 11 is 0. The molecular weight excluding hydrogens is 122 g/mol. The maximum Gasteiger partial charge on any atom is 0.0624 e. The number of hydrogen-bond acceptors (Lipinski definition) is 1. The summed E-state index contributed by atoms with van der Waals surface area (Å²) in [6.07, 6.45) is 2.04. The van der Waals surface area contributed by atoms with E-state index in [1.165, 1.54) is 6.42 Å². The lowest BCUT2D eigenvalue weighted by molar-refractivity contribution is 0.330. The Labute approximate surface area is 63.0 Å². The van der Waals surface area contributed by atoms with Crippen molar-refractivity contribution in [3.05, 3.63) is 0 Å². The Morgan fingerprint density at radius 3 is 2.40 bits per heavy atom. The smallest absolute Gasteiger partial charge is 0.0624 e. The minimum Gasteiger partial charge on any atom is -0.198 e. The first-order valence-electron chi connectivity index (χ1n) is 3.92. The summed E-state index contributed by atoms with van der Waals surface area (Å²) in [6.45, 7) is 6.78. The summed E-state index contributed by atoms with van der Waals surface area (Å²) in [4.78, 5) is 0. The molecule has 1 aliphatic rings. The van der Waals surface area contributed by atoms with Crippen molar-refractivity contribution in [1.82, 2.24) is 0 Å². The minimum absolute atomic E-state index is 0.432. The average Bonchev–Trinajstić information content (AvgIpc) is 2.44. The van der Waals surface area contributed by atoms with Crippen molar-refractivity contribution in [3.63, 3.8) is 0 Å². The number of nitrogens with zero attached hydrogens (tertiary/aromatic N) is 1. The Morgan fingerprint density at radius 1 is 1.50 bits per heavy atom. The van der Waals surface area contributed by atoms with Gasteiger partial charge in [-0.3, -0.25) is 0 Å². The van der Waals surface area contributed by atoms with E-state index >= 15 is 0 Å². The molecule has 1 nitrogen and oxygen atoms in total. The van der Waals surface area contributed by atoms with E-state index in [2.05, 4.69) is 26.8 Å². The van der Waals surface area contributed by atoms with E-state index in [-0.39, 0.29) is 0 Å². The molecule has 2 atom stereocenters. The molecule has 56 valence electrons. The summed E-state index contributed by atoms with van der Waals surface area (Å²) < 4.78 is 0. The first kappa shape index (κ1) is 7.60. The molecule has 1 heteroatoms. The third kappa shape index (κ3) is 1.50. The van der Waals surface area contributed by atoms with Crippen LogP contribution in [0.2, 0.25) is 0 Å². The predicted molar refractivity (Wildman–Crippen MR) is 41.3 cm³/mol. The molecule has 10 heavy (non-hydrogen) atoms. The van der Waals surface area contributed by atoms with Crippen LogP contribution in [0.25, 0.3) is 0 Å². The van der Waals surface area contributed by atoms with E-state index in [1.807, 2.05) is 0 Å². The van der Waals surface area contributed by atoms with E-state index in [9.17, 15) is 0 Å². The maximum absolute atomic E-state index is 8.41. The molecule has 0 aliphatic heterocycles. The second-order valence-corrected chi connectivity index (χ2v) is 4.33. The maximum atomic E-state index is 8.41. The Balaban J connectivity index is 2.33. The molecule has 0 aromatic carbocycles. The summed E-state index contributed by atoms with van der Waals surface area (Å²) in [7, 11) is 0. The Hall–Kier alpha value is -0.510. The topological polar surface area (TPSA) is 23.8 Å². The van der Waals surface area contributed by atoms with Gasteiger partial charge in [0, 0.05) is 6.42 Å². The van der Waals surface area contributed by atoms with Crippen LogP contribution in [0.5, 0.6) is 0 Å². The van der Waals surface area contributed by atoms with Gasteiger partial charge in [-0.1, -0.05) is 20.8 Å². The van der Waals surface area contributed by atoms with Crippen molar-refractivity contribution in [2.24, 2.45) is 17.3 Å². The lowest BCUT2D eigenvalue weighted by Crippen LogP contribution is -2.08. The molecule has 0 bridgehead atoms. The molecule has 1 aliphatic carbocycles. The molecule has 0 spiro atoms. The van der Waals surface area contributed by atoms with Gasteiger partial charge in [-0.15, -0.1) is 0 Å². The van der Waals surface area contributed by atoms with Crippen LogP contribution in [0.4, 0.5) is 0 Å². The normalized spacial score (nSPS) is 31.4. The molecule has 1 rings (SSSR count). The highest BCUT2D eigenvalue weighted by molar-refractivity contribution is 4.97. The highest BCUT2D eigenvalue weighted by Crippen LogP contribution is 2.52. The van der Waals surface area contributed by atoms with Gasteiger partial charge in [0.1, 0.15) is 0 Å². The number of hydrogen-bond donors (Lipinski definition) is 0. The average molecular weight is 137 g/mol. The molecule has 0 aromatic heterocycles. The minimum atomic E-state index is 0.432. The number of nitriles is 1. The monoisotopic (exact) mass is 137 g/mol. The van der Waals surface area contributed by atoms with Gasteiger partial charge in [-0.2, -0.15) is 5.26 Å². The van der Waals surface area contributed by atoms with Gasteiger partial charge in [-0.05, 0) is 23.7 Å². The zero-order valence-electron chi connectivity index (χ0n) is 7.02. The van der Waals surface area contributed by atoms with E-state index in [4.69, 9.17) is 5.26 Å². The lowest BCUT2D eigenvalue weighted by Gasteiger charge is -2.17. The third-order valence-corrected chi connectivity index (χ3v) is 2.39. The Bertz CT molecular complexity index is 159. The van der Waals surface area contributed by atoms with Crippen LogP contribution in [0, 0.1) is 28.6 Å². The second kappa shape index (κ2) is 2.27. The highest BCUT2D eigenvalue weighted by atomic mass is 14.5. The van der Waals surface area contributed by atoms with E-state index in [0.29, 0.717) is 11.3 Å². The van der Waals surface area contributed by atoms with Gasteiger partial charge < -0.3 is 0 Å². The lowest BCUT2D eigenvalue weighted by atomic mass is 9.88. The van der Waals surface area contributed by atoms with Crippen molar-refractivity contribution in [2.75, 3.05) is 0 Å². The van der Waals surface area contributed by atoms with Crippen LogP contribution in [-0.2, 0) is 0 Å². The molecular formula is C9H15N. The SMILES string of the molecule is CC(C)(C)C1CC1CC#N. The number of rotatable bonds is 1. The van der Waals surface area contributed by atoms with Gasteiger partial charge in [-0.25, -0.2) is 0 Å². The van der Waals surface area contributed by atoms with Crippen molar-refractivity contribution in [1.29, 1.82) is 5.26 Å². The van der Waals surface area contributed by atoms with Crippen LogP contribution in [0.15, 0.2) is 0 Å².